The van der Waals surface area contributed by atoms with Crippen LogP contribution in [-0.2, 0) is 29.9 Å². The number of aliphatic carboxylic acids is 2. The van der Waals surface area contributed by atoms with E-state index in [0.717, 1.165) is 84.0 Å². The number of carboxylic acid groups (broad SMARTS) is 2. The van der Waals surface area contributed by atoms with Crippen LogP contribution in [0.3, 0.4) is 0 Å². The van der Waals surface area contributed by atoms with Crippen molar-refractivity contribution in [2.75, 3.05) is 83.6 Å². The number of ether oxygens (including phenoxy) is 2. The maximum absolute atomic E-state index is 13.5. The van der Waals surface area contributed by atoms with Crippen molar-refractivity contribution in [3.63, 3.8) is 0 Å². The van der Waals surface area contributed by atoms with Crippen molar-refractivity contribution < 1.29 is 38.9 Å². The van der Waals surface area contributed by atoms with E-state index in [1.165, 1.54) is 0 Å². The van der Waals surface area contributed by atoms with E-state index < -0.39 is 46.3 Å². The smallest absolute Gasteiger partial charge is 0.326 e. The molecule has 4 aromatic rings. The van der Waals surface area contributed by atoms with Gasteiger partial charge in [-0.2, -0.15) is 0 Å². The average Bonchev–Trinajstić information content (AvgIpc) is 4.25. The predicted octanol–water partition coefficient (Wildman–Crippen LogP) is 8.41. The van der Waals surface area contributed by atoms with Crippen LogP contribution < -0.4 is 30.2 Å². The van der Waals surface area contributed by atoms with E-state index in [1.54, 1.807) is 21.6 Å². The molecule has 6 aliphatic rings. The summed E-state index contributed by atoms with van der Waals surface area (Å²) in [6.07, 6.45) is 11.5. The number of hydrogen-bond donors (Lipinski definition) is 4. The van der Waals surface area contributed by atoms with Gasteiger partial charge in [0.1, 0.15) is 12.1 Å². The highest BCUT2D eigenvalue weighted by atomic mass is 33.1. The summed E-state index contributed by atoms with van der Waals surface area (Å²) < 4.78 is 13.2. The molecule has 0 aliphatic carbocycles. The second-order valence-electron chi connectivity index (χ2n) is 20.5. The van der Waals surface area contributed by atoms with Crippen LogP contribution in [0.4, 0.5) is 22.7 Å². The molecular weight excluding hydrogens is 949 g/mol. The lowest BCUT2D eigenvalue weighted by molar-refractivity contribution is -0.139. The molecule has 4 saturated heterocycles. The first-order chi connectivity index (χ1) is 34.6. The number of nitrogens with zero attached hydrogens (tertiary/aromatic N) is 4. The highest BCUT2D eigenvalue weighted by Crippen LogP contribution is 2.57. The first-order valence-electron chi connectivity index (χ1n) is 25.2. The number of hydrogen-bond acceptors (Lipinski definition) is 12. The predicted molar refractivity (Wildman–Crippen MR) is 288 cm³/mol. The van der Waals surface area contributed by atoms with Gasteiger partial charge in [0.05, 0.1) is 13.2 Å². The molecule has 0 saturated carbocycles. The van der Waals surface area contributed by atoms with Crippen LogP contribution in [0.15, 0.2) is 97.1 Å². The number of amides is 2. The third-order valence-corrected chi connectivity index (χ3v) is 18.3. The first-order valence-corrected chi connectivity index (χ1v) is 27.6. The molecule has 0 spiro atoms. The van der Waals surface area contributed by atoms with Crippen molar-refractivity contribution in [2.45, 2.75) is 87.7 Å². The maximum atomic E-state index is 13.5. The highest BCUT2D eigenvalue weighted by Gasteiger charge is 2.60. The Morgan fingerprint density at radius 2 is 1.00 bits per heavy atom. The number of anilines is 4. The lowest BCUT2D eigenvalue weighted by Crippen LogP contribution is -2.51. The zero-order valence-corrected chi connectivity index (χ0v) is 43.0. The second-order valence-corrected chi connectivity index (χ2v) is 23.2. The molecule has 10 rings (SSSR count). The molecule has 0 aromatic heterocycles. The van der Waals surface area contributed by atoms with Crippen LogP contribution >= 0.6 is 21.6 Å². The fourth-order valence-electron chi connectivity index (χ4n) is 12.0. The molecule has 0 bridgehead atoms. The van der Waals surface area contributed by atoms with Gasteiger partial charge < -0.3 is 49.9 Å². The zero-order chi connectivity index (χ0) is 50.4. The molecule has 0 radical (unpaired) electrons. The second kappa shape index (κ2) is 19.8. The summed E-state index contributed by atoms with van der Waals surface area (Å²) in [5.74, 6) is -0.394. The van der Waals surface area contributed by atoms with Gasteiger partial charge in [0.25, 0.3) is 11.8 Å². The van der Waals surface area contributed by atoms with Gasteiger partial charge in [-0.1, -0.05) is 85.7 Å². The summed E-state index contributed by atoms with van der Waals surface area (Å²) in [4.78, 5) is 59.0. The molecule has 72 heavy (non-hydrogen) atoms. The molecule has 14 nitrogen and oxygen atoms in total. The van der Waals surface area contributed by atoms with E-state index in [-0.39, 0.29) is 11.8 Å². The lowest BCUT2D eigenvalue weighted by atomic mass is 9.77. The molecule has 4 fully saturated rings. The van der Waals surface area contributed by atoms with Crippen LogP contribution in [-0.4, -0.2) is 121 Å². The molecule has 6 heterocycles. The SMILES string of the molecule is CC1(C)c2cc(C(=O)NCCSSCCNC(=O)c3ccc4c(c3)C(C)(C)C3(/C=C/c5ccc(N6CCCC6C(=O)O)cc5)OCCN43)ccc2N2CCOC21/C=C/c1ccc(N2CCCC2C(=O)O)cc1. The van der Waals surface area contributed by atoms with Crippen LogP contribution in [0.5, 0.6) is 0 Å². The average molecular weight is 1010 g/mol. The van der Waals surface area contributed by atoms with Crippen molar-refractivity contribution in [1.82, 2.24) is 10.6 Å². The van der Waals surface area contributed by atoms with Gasteiger partial charge in [-0.15, -0.1) is 0 Å². The van der Waals surface area contributed by atoms with Crippen molar-refractivity contribution in [1.29, 1.82) is 0 Å². The minimum absolute atomic E-state index is 0.125. The molecule has 6 aliphatic heterocycles. The fraction of sp³-hybridized carbons (Fsp3) is 0.429. The highest BCUT2D eigenvalue weighted by molar-refractivity contribution is 8.76. The Morgan fingerprint density at radius 1 is 0.597 bits per heavy atom. The van der Waals surface area contributed by atoms with Gasteiger partial charge in [-0.25, -0.2) is 9.59 Å². The van der Waals surface area contributed by atoms with Crippen molar-refractivity contribution in [2.24, 2.45) is 0 Å². The maximum Gasteiger partial charge on any atom is 0.326 e. The summed E-state index contributed by atoms with van der Waals surface area (Å²) >= 11 is 0. The molecule has 4 unspecified atom stereocenters. The van der Waals surface area contributed by atoms with E-state index in [2.05, 4.69) is 72.4 Å². The summed E-state index contributed by atoms with van der Waals surface area (Å²) in [6.45, 7) is 13.8. The topological polar surface area (TPSA) is 164 Å². The molecule has 16 heteroatoms. The van der Waals surface area contributed by atoms with Crippen molar-refractivity contribution in [3.05, 3.63) is 130 Å². The van der Waals surface area contributed by atoms with Crippen LogP contribution in [0.25, 0.3) is 12.2 Å². The number of rotatable bonds is 17. The Kier molecular flexibility index (Phi) is 13.7. The molecular formula is C56H64N6O8S2. The van der Waals surface area contributed by atoms with Crippen LogP contribution in [0.2, 0.25) is 0 Å². The van der Waals surface area contributed by atoms with E-state index in [1.807, 2.05) is 94.7 Å². The minimum Gasteiger partial charge on any atom is -0.480 e. The number of nitrogens with one attached hydrogen (secondary N) is 2. The number of benzene rings is 4. The third-order valence-electron chi connectivity index (χ3n) is 15.9. The Morgan fingerprint density at radius 3 is 1.39 bits per heavy atom. The third kappa shape index (κ3) is 8.71. The molecule has 378 valence electrons. The molecule has 4 aromatic carbocycles. The quantitative estimate of drug-likeness (QED) is 0.0589. The van der Waals surface area contributed by atoms with Gasteiger partial charge in [-0.05, 0) is 121 Å². The summed E-state index contributed by atoms with van der Waals surface area (Å²) in [5, 5.41) is 25.5. The Hall–Kier alpha value is -5.94. The van der Waals surface area contributed by atoms with Gasteiger partial charge in [0, 0.05) is 95.5 Å². The normalized spacial score (nSPS) is 24.5. The lowest BCUT2D eigenvalue weighted by Gasteiger charge is -2.39. The monoisotopic (exact) mass is 1010 g/mol. The Balaban J connectivity index is 0.684. The van der Waals surface area contributed by atoms with Gasteiger partial charge in [0.15, 0.2) is 11.4 Å². The van der Waals surface area contributed by atoms with Crippen molar-refractivity contribution in [3.8, 4) is 0 Å². The minimum atomic E-state index is -0.782. The molecule has 2 amide bonds. The zero-order valence-electron chi connectivity index (χ0n) is 41.4. The number of carbonyl (C=O) groups is 4. The summed E-state index contributed by atoms with van der Waals surface area (Å²) in [6, 6.07) is 27.0. The summed E-state index contributed by atoms with van der Waals surface area (Å²) in [7, 11) is 3.32. The van der Waals surface area contributed by atoms with E-state index in [9.17, 15) is 29.4 Å². The van der Waals surface area contributed by atoms with E-state index >= 15 is 0 Å². The van der Waals surface area contributed by atoms with Gasteiger partial charge >= 0.3 is 11.9 Å². The Bertz CT molecular complexity index is 2610. The molecule has 4 atom stereocenters. The first kappa shape index (κ1) is 49.6. The van der Waals surface area contributed by atoms with Gasteiger partial charge in [-0.3, -0.25) is 9.59 Å². The number of fused-ring (bicyclic) bond motifs is 6. The fourth-order valence-corrected chi connectivity index (χ4v) is 13.8. The van der Waals surface area contributed by atoms with E-state index in [0.29, 0.717) is 61.8 Å². The molecule has 4 N–H and O–H groups in total. The number of carbonyl (C=O) groups excluding carboxylic acids is 2. The van der Waals surface area contributed by atoms with Crippen LogP contribution in [0, 0.1) is 0 Å². The van der Waals surface area contributed by atoms with Crippen molar-refractivity contribution >= 4 is 80.2 Å². The largest absolute Gasteiger partial charge is 0.480 e. The Labute approximate surface area is 429 Å². The number of carboxylic acids is 2. The van der Waals surface area contributed by atoms with E-state index in [4.69, 9.17) is 9.47 Å². The standard InChI is InChI=1S/C56H64N6O8S2/c1-53(2)43-35-39(13-19-45(43)61-29-31-69-55(53,61)23-21-37-9-15-41(16-10-37)59-27-5-7-47(59)51(65)66)49(63)57-25-33-71-72-34-26-58-50(64)40-14-20-46-44(36-40)54(3,4)56(62(46)30-32-70-56)24-22-38-11-17-42(18-12-38)60-28-6-8-48(60)52(67)68/h9-24,35-36,47-48H,5-8,25-34H2,1-4H3,(H,57,63)(H,58,64)(H,65,66)(H,67,68)/b23-21+,24-22+. The summed E-state index contributed by atoms with van der Waals surface area (Å²) in [5.41, 5.74) is 6.88. The van der Waals surface area contributed by atoms with Crippen LogP contribution in [0.1, 0.15) is 96.3 Å². The van der Waals surface area contributed by atoms with Gasteiger partial charge in [0.2, 0.25) is 0 Å².